The van der Waals surface area contributed by atoms with Crippen LogP contribution >= 0.6 is 15.9 Å². The highest BCUT2D eigenvalue weighted by atomic mass is 79.9. The monoisotopic (exact) mass is 359 g/mol. The molecule has 112 valence electrons. The number of hydrogen-bond donors (Lipinski definition) is 0. The Kier molecular flexibility index (Phi) is 4.56. The van der Waals surface area contributed by atoms with Crippen LogP contribution in [0.3, 0.4) is 0 Å². The van der Waals surface area contributed by atoms with Gasteiger partial charge in [-0.1, -0.05) is 0 Å². The van der Waals surface area contributed by atoms with Crippen LogP contribution in [0.15, 0.2) is 44.2 Å². The van der Waals surface area contributed by atoms with Gasteiger partial charge in [-0.15, -0.1) is 0 Å². The summed E-state index contributed by atoms with van der Waals surface area (Å²) < 4.78 is 12.1. The Morgan fingerprint density at radius 3 is 2.64 bits per heavy atom. The molecule has 0 radical (unpaired) electrons. The van der Waals surface area contributed by atoms with Gasteiger partial charge in [0, 0.05) is 19.2 Å². The minimum Gasteiger partial charge on any atom is -0.438 e. The Balaban J connectivity index is 1.74. The number of hydrogen-bond acceptors (Lipinski definition) is 5. The summed E-state index contributed by atoms with van der Waals surface area (Å²) >= 11 is 3.52. The van der Waals surface area contributed by atoms with Gasteiger partial charge in [0.2, 0.25) is 5.88 Å². The van der Waals surface area contributed by atoms with Crippen molar-refractivity contribution in [3.05, 3.63) is 46.1 Å². The molecule has 1 saturated heterocycles. The van der Waals surface area contributed by atoms with Crippen LogP contribution in [0.4, 0.5) is 11.6 Å². The highest BCUT2D eigenvalue weighted by Gasteiger charge is 2.18. The van der Waals surface area contributed by atoms with Gasteiger partial charge in [0.1, 0.15) is 5.76 Å². The Morgan fingerprint density at radius 1 is 1.23 bits per heavy atom. The summed E-state index contributed by atoms with van der Waals surface area (Å²) in [7, 11) is 0. The van der Waals surface area contributed by atoms with Crippen LogP contribution < -0.4 is 4.90 Å². The zero-order valence-electron chi connectivity index (χ0n) is 11.8. The molecule has 3 rings (SSSR count). The fraction of sp³-hybridized carbons (Fsp3) is 0.250. The van der Waals surface area contributed by atoms with Gasteiger partial charge in [-0.05, 0) is 40.2 Å². The van der Waals surface area contributed by atoms with E-state index in [1.54, 1.807) is 30.5 Å². The second-order valence-corrected chi connectivity index (χ2v) is 5.67. The normalized spacial score (nSPS) is 15.2. The molecular formula is C16H14BrN3O2. The van der Waals surface area contributed by atoms with Crippen molar-refractivity contribution in [1.29, 1.82) is 5.26 Å². The van der Waals surface area contributed by atoms with E-state index >= 15 is 0 Å². The summed E-state index contributed by atoms with van der Waals surface area (Å²) in [6.07, 6.45) is 1.68. The van der Waals surface area contributed by atoms with Crippen molar-refractivity contribution in [1.82, 2.24) is 0 Å². The molecule has 0 unspecified atom stereocenters. The molecule has 6 heteroatoms. The number of rotatable bonds is 3. The van der Waals surface area contributed by atoms with E-state index in [1.807, 2.05) is 6.07 Å². The lowest BCUT2D eigenvalue weighted by molar-refractivity contribution is 0.120. The molecule has 0 N–H and O–H groups in total. The van der Waals surface area contributed by atoms with Gasteiger partial charge in [0.25, 0.3) is 0 Å². The van der Waals surface area contributed by atoms with Crippen molar-refractivity contribution < 1.29 is 9.15 Å². The van der Waals surface area contributed by atoms with E-state index in [0.717, 1.165) is 29.1 Å². The van der Waals surface area contributed by atoms with Crippen LogP contribution in [-0.4, -0.2) is 32.5 Å². The molecule has 1 fully saturated rings. The highest BCUT2D eigenvalue weighted by molar-refractivity contribution is 9.10. The lowest BCUT2D eigenvalue weighted by Crippen LogP contribution is -2.36. The third-order valence-electron chi connectivity index (χ3n) is 3.32. The largest absolute Gasteiger partial charge is 0.438 e. The maximum atomic E-state index is 8.77. The first-order chi connectivity index (χ1) is 10.8. The molecular weight excluding hydrogens is 346 g/mol. The van der Waals surface area contributed by atoms with Gasteiger partial charge in [-0.3, -0.25) is 4.99 Å². The van der Waals surface area contributed by atoms with Crippen LogP contribution in [0, 0.1) is 11.3 Å². The number of ether oxygens (including phenoxy) is 1. The molecule has 0 aliphatic carbocycles. The third kappa shape index (κ3) is 3.38. The topological polar surface area (TPSA) is 61.8 Å². The second kappa shape index (κ2) is 6.77. The third-order valence-corrected chi connectivity index (χ3v) is 3.89. The maximum absolute atomic E-state index is 8.77. The summed E-state index contributed by atoms with van der Waals surface area (Å²) in [6, 6.07) is 11.1. The highest BCUT2D eigenvalue weighted by Crippen LogP contribution is 2.30. The Bertz CT molecular complexity index is 710. The van der Waals surface area contributed by atoms with E-state index in [9.17, 15) is 0 Å². The van der Waals surface area contributed by atoms with E-state index in [1.165, 1.54) is 0 Å². The fourth-order valence-electron chi connectivity index (χ4n) is 2.18. The number of furan rings is 1. The van der Waals surface area contributed by atoms with Gasteiger partial charge in [0.05, 0.1) is 41.2 Å². The number of anilines is 1. The van der Waals surface area contributed by atoms with Crippen LogP contribution in [0.2, 0.25) is 0 Å². The maximum Gasteiger partial charge on any atom is 0.210 e. The number of aliphatic imine (C=N–C) groups is 1. The molecule has 0 atom stereocenters. The van der Waals surface area contributed by atoms with Crippen LogP contribution in [-0.2, 0) is 4.74 Å². The smallest absolute Gasteiger partial charge is 0.210 e. The average Bonchev–Trinajstić information content (AvgIpc) is 2.95. The van der Waals surface area contributed by atoms with Gasteiger partial charge in [-0.25, -0.2) is 0 Å². The predicted molar refractivity (Wildman–Crippen MR) is 87.9 cm³/mol. The number of halogens is 1. The minimum absolute atomic E-state index is 0.620. The predicted octanol–water partition coefficient (Wildman–Crippen LogP) is 3.50. The summed E-state index contributed by atoms with van der Waals surface area (Å²) in [6.45, 7) is 3.06. The molecule has 2 heterocycles. The van der Waals surface area contributed by atoms with Crippen molar-refractivity contribution in [2.24, 2.45) is 4.99 Å². The van der Waals surface area contributed by atoms with Gasteiger partial charge in [-0.2, -0.15) is 5.26 Å². The van der Waals surface area contributed by atoms with Crippen LogP contribution in [0.1, 0.15) is 11.3 Å². The molecule has 2 aromatic rings. The van der Waals surface area contributed by atoms with Crippen molar-refractivity contribution in [2.75, 3.05) is 31.2 Å². The van der Waals surface area contributed by atoms with E-state index in [-0.39, 0.29) is 0 Å². The van der Waals surface area contributed by atoms with Crippen molar-refractivity contribution in [3.8, 4) is 6.07 Å². The Morgan fingerprint density at radius 2 is 1.95 bits per heavy atom. The molecule has 0 saturated carbocycles. The Hall–Kier alpha value is -2.10. The molecule has 0 spiro atoms. The zero-order chi connectivity index (χ0) is 15.4. The van der Waals surface area contributed by atoms with Crippen molar-refractivity contribution >= 4 is 33.7 Å². The van der Waals surface area contributed by atoms with Gasteiger partial charge < -0.3 is 14.1 Å². The van der Waals surface area contributed by atoms with E-state index in [2.05, 4.69) is 31.9 Å². The summed E-state index contributed by atoms with van der Waals surface area (Å²) in [5.41, 5.74) is 1.40. The standard InChI is InChI=1S/C16H14BrN3O2/c17-15-9-14(22-16(15)20-5-7-21-8-6-20)11-19-13-3-1-12(10-18)2-4-13/h1-4,9,11H,5-8H2. The molecule has 5 nitrogen and oxygen atoms in total. The lowest BCUT2D eigenvalue weighted by atomic mass is 10.2. The zero-order valence-corrected chi connectivity index (χ0v) is 13.4. The first-order valence-electron chi connectivity index (χ1n) is 6.92. The first-order valence-corrected chi connectivity index (χ1v) is 7.72. The molecule has 1 aliphatic heterocycles. The average molecular weight is 360 g/mol. The number of morpholine rings is 1. The quantitative estimate of drug-likeness (QED) is 0.786. The summed E-state index contributed by atoms with van der Waals surface area (Å²) in [5.74, 6) is 1.49. The molecule has 0 bridgehead atoms. The van der Waals surface area contributed by atoms with E-state index in [0.29, 0.717) is 24.5 Å². The number of nitriles is 1. The van der Waals surface area contributed by atoms with Crippen LogP contribution in [0.25, 0.3) is 0 Å². The SMILES string of the molecule is N#Cc1ccc(N=Cc2cc(Br)c(N3CCOCC3)o2)cc1. The van der Waals surface area contributed by atoms with E-state index < -0.39 is 0 Å². The molecule has 1 aliphatic rings. The van der Waals surface area contributed by atoms with E-state index in [4.69, 9.17) is 14.4 Å². The van der Waals surface area contributed by atoms with Gasteiger partial charge in [0.15, 0.2) is 0 Å². The molecule has 22 heavy (non-hydrogen) atoms. The first kappa shape index (κ1) is 14.8. The summed E-state index contributed by atoms with van der Waals surface area (Å²) in [4.78, 5) is 6.50. The number of nitrogens with zero attached hydrogens (tertiary/aromatic N) is 3. The summed E-state index contributed by atoms with van der Waals surface area (Å²) in [5, 5.41) is 8.77. The number of benzene rings is 1. The Labute approximate surface area is 136 Å². The van der Waals surface area contributed by atoms with Crippen LogP contribution in [0.5, 0.6) is 0 Å². The lowest BCUT2D eigenvalue weighted by Gasteiger charge is -2.26. The fourth-order valence-corrected chi connectivity index (χ4v) is 2.74. The molecule has 1 aromatic heterocycles. The van der Waals surface area contributed by atoms with Crippen molar-refractivity contribution in [2.45, 2.75) is 0 Å². The molecule has 0 amide bonds. The van der Waals surface area contributed by atoms with Gasteiger partial charge >= 0.3 is 0 Å². The minimum atomic E-state index is 0.620. The molecule has 1 aromatic carbocycles. The second-order valence-electron chi connectivity index (χ2n) is 4.82. The van der Waals surface area contributed by atoms with Crippen molar-refractivity contribution in [3.63, 3.8) is 0 Å².